The fourth-order valence-corrected chi connectivity index (χ4v) is 3.55. The van der Waals surface area contributed by atoms with Gasteiger partial charge in [0.05, 0.1) is 5.69 Å². The summed E-state index contributed by atoms with van der Waals surface area (Å²) in [6, 6.07) is 14.5. The summed E-state index contributed by atoms with van der Waals surface area (Å²) < 4.78 is 5.37. The molecule has 2 heterocycles. The first kappa shape index (κ1) is 17.4. The number of amides is 2. The molecule has 9 heteroatoms. The number of fused-ring (bicyclic) bond motifs is 1. The molecule has 1 aliphatic heterocycles. The summed E-state index contributed by atoms with van der Waals surface area (Å²) in [5.41, 5.74) is 1.39. The molecule has 0 saturated heterocycles. The Hall–Kier alpha value is -2.97. The number of nitrogens with one attached hydrogen (secondary N) is 1. The fourth-order valence-electron chi connectivity index (χ4n) is 2.62. The van der Waals surface area contributed by atoms with Gasteiger partial charge in [0.25, 0.3) is 5.91 Å². The Bertz CT molecular complexity index is 1010. The van der Waals surface area contributed by atoms with Crippen LogP contribution in [0, 0.1) is 0 Å². The van der Waals surface area contributed by atoms with E-state index >= 15 is 0 Å². The Kier molecular flexibility index (Phi) is 4.74. The first-order valence-corrected chi connectivity index (χ1v) is 9.21. The molecule has 4 rings (SSSR count). The SMILES string of the molecule is O=C(CN1C(=O)COc2ccc(Cl)cc21)Nc1nnc(-c2ccccc2)s1. The highest BCUT2D eigenvalue weighted by Gasteiger charge is 2.27. The van der Waals surface area contributed by atoms with Crippen molar-refractivity contribution in [3.63, 3.8) is 0 Å². The molecule has 0 atom stereocenters. The van der Waals surface area contributed by atoms with E-state index < -0.39 is 0 Å². The molecule has 0 saturated carbocycles. The summed E-state index contributed by atoms with van der Waals surface area (Å²) in [5, 5.41) is 12.3. The average Bonchev–Trinajstić information content (AvgIpc) is 3.13. The number of hydrogen-bond acceptors (Lipinski definition) is 6. The molecular weight excluding hydrogens is 388 g/mol. The minimum absolute atomic E-state index is 0.126. The lowest BCUT2D eigenvalue weighted by atomic mass is 10.2. The van der Waals surface area contributed by atoms with Crippen molar-refractivity contribution in [1.82, 2.24) is 10.2 Å². The Morgan fingerprint density at radius 3 is 2.85 bits per heavy atom. The van der Waals surface area contributed by atoms with Crippen LogP contribution in [-0.2, 0) is 9.59 Å². The van der Waals surface area contributed by atoms with Crippen LogP contribution in [0.3, 0.4) is 0 Å². The van der Waals surface area contributed by atoms with Crippen LogP contribution in [0.15, 0.2) is 48.5 Å². The highest BCUT2D eigenvalue weighted by atomic mass is 35.5. The van der Waals surface area contributed by atoms with E-state index in [9.17, 15) is 9.59 Å². The lowest BCUT2D eigenvalue weighted by molar-refractivity contribution is -0.123. The van der Waals surface area contributed by atoms with Gasteiger partial charge in [-0.05, 0) is 18.2 Å². The third kappa shape index (κ3) is 3.76. The zero-order valence-corrected chi connectivity index (χ0v) is 15.5. The van der Waals surface area contributed by atoms with Crippen molar-refractivity contribution in [2.45, 2.75) is 0 Å². The Morgan fingerprint density at radius 2 is 2.04 bits per heavy atom. The fraction of sp³-hybridized carbons (Fsp3) is 0.111. The number of aromatic nitrogens is 2. The molecule has 1 aliphatic rings. The van der Waals surface area contributed by atoms with Crippen LogP contribution in [0.1, 0.15) is 0 Å². The molecule has 7 nitrogen and oxygen atoms in total. The van der Waals surface area contributed by atoms with Gasteiger partial charge in [0.1, 0.15) is 17.3 Å². The third-order valence-corrected chi connectivity index (χ3v) is 4.98. The van der Waals surface area contributed by atoms with Gasteiger partial charge in [-0.2, -0.15) is 0 Å². The van der Waals surface area contributed by atoms with Gasteiger partial charge in [0.15, 0.2) is 6.61 Å². The van der Waals surface area contributed by atoms with Crippen molar-refractivity contribution in [3.05, 3.63) is 53.6 Å². The van der Waals surface area contributed by atoms with Gasteiger partial charge in [-0.1, -0.05) is 53.3 Å². The predicted molar refractivity (Wildman–Crippen MR) is 103 cm³/mol. The summed E-state index contributed by atoms with van der Waals surface area (Å²) in [6.07, 6.45) is 0. The van der Waals surface area contributed by atoms with Crippen LogP contribution >= 0.6 is 22.9 Å². The van der Waals surface area contributed by atoms with Gasteiger partial charge in [0, 0.05) is 10.6 Å². The molecule has 0 unspecified atom stereocenters. The van der Waals surface area contributed by atoms with Gasteiger partial charge < -0.3 is 4.74 Å². The molecule has 1 aromatic heterocycles. The van der Waals surface area contributed by atoms with Crippen molar-refractivity contribution < 1.29 is 14.3 Å². The maximum atomic E-state index is 12.4. The summed E-state index contributed by atoms with van der Waals surface area (Å²) in [5.74, 6) is -0.192. The molecule has 1 N–H and O–H groups in total. The monoisotopic (exact) mass is 400 g/mol. The van der Waals surface area contributed by atoms with Gasteiger partial charge in [0.2, 0.25) is 11.0 Å². The first-order chi connectivity index (χ1) is 13.1. The van der Waals surface area contributed by atoms with E-state index in [1.807, 2.05) is 30.3 Å². The number of ether oxygens (including phenoxy) is 1. The minimum atomic E-state index is -0.382. The van der Waals surface area contributed by atoms with Crippen LogP contribution in [0.25, 0.3) is 10.6 Å². The molecule has 0 radical (unpaired) electrons. The average molecular weight is 401 g/mol. The molecule has 3 aromatic rings. The van der Waals surface area contributed by atoms with Crippen LogP contribution < -0.4 is 15.0 Å². The van der Waals surface area contributed by atoms with Gasteiger partial charge in [-0.15, -0.1) is 10.2 Å². The minimum Gasteiger partial charge on any atom is -0.482 e. The van der Waals surface area contributed by atoms with E-state index in [1.54, 1.807) is 18.2 Å². The van der Waals surface area contributed by atoms with E-state index in [0.717, 1.165) is 5.56 Å². The molecule has 2 aromatic carbocycles. The van der Waals surface area contributed by atoms with E-state index in [1.165, 1.54) is 16.2 Å². The smallest absolute Gasteiger partial charge is 0.265 e. The van der Waals surface area contributed by atoms with Crippen LogP contribution in [-0.4, -0.2) is 35.2 Å². The Morgan fingerprint density at radius 1 is 1.22 bits per heavy atom. The molecule has 136 valence electrons. The molecule has 0 spiro atoms. The Balaban J connectivity index is 1.48. The number of halogens is 1. The number of benzene rings is 2. The van der Waals surface area contributed by atoms with E-state index in [4.69, 9.17) is 16.3 Å². The highest BCUT2D eigenvalue weighted by molar-refractivity contribution is 7.18. The zero-order valence-electron chi connectivity index (χ0n) is 13.9. The van der Waals surface area contributed by atoms with Gasteiger partial charge in [-0.3, -0.25) is 19.8 Å². The van der Waals surface area contributed by atoms with Crippen molar-refractivity contribution in [1.29, 1.82) is 0 Å². The number of carbonyl (C=O) groups is 2. The summed E-state index contributed by atoms with van der Waals surface area (Å²) in [6.45, 7) is -0.297. The maximum absolute atomic E-state index is 12.4. The number of carbonyl (C=O) groups excluding carboxylic acids is 2. The van der Waals surface area contributed by atoms with Crippen LogP contribution in [0.5, 0.6) is 5.75 Å². The van der Waals surface area contributed by atoms with E-state index in [0.29, 0.717) is 26.6 Å². The van der Waals surface area contributed by atoms with Crippen LogP contribution in [0.2, 0.25) is 5.02 Å². The van der Waals surface area contributed by atoms with E-state index in [-0.39, 0.29) is 25.0 Å². The number of rotatable bonds is 4. The van der Waals surface area contributed by atoms with Crippen molar-refractivity contribution in [2.24, 2.45) is 0 Å². The maximum Gasteiger partial charge on any atom is 0.265 e. The molecule has 0 fully saturated rings. The second kappa shape index (κ2) is 7.34. The third-order valence-electron chi connectivity index (χ3n) is 3.86. The second-order valence-corrected chi connectivity index (χ2v) is 7.12. The Labute approximate surface area is 163 Å². The molecule has 2 amide bonds. The summed E-state index contributed by atoms with van der Waals surface area (Å²) in [7, 11) is 0. The number of anilines is 2. The predicted octanol–water partition coefficient (Wildman–Crippen LogP) is 3.22. The molecule has 0 bridgehead atoms. The lowest BCUT2D eigenvalue weighted by Gasteiger charge is -2.28. The summed E-state index contributed by atoms with van der Waals surface area (Å²) in [4.78, 5) is 26.0. The molecule has 0 aliphatic carbocycles. The first-order valence-electron chi connectivity index (χ1n) is 8.01. The largest absolute Gasteiger partial charge is 0.482 e. The van der Waals surface area contributed by atoms with Crippen molar-refractivity contribution >= 4 is 45.6 Å². The zero-order chi connectivity index (χ0) is 18.8. The lowest BCUT2D eigenvalue weighted by Crippen LogP contribution is -2.43. The van der Waals surface area contributed by atoms with Crippen molar-refractivity contribution in [3.8, 4) is 16.3 Å². The number of nitrogens with zero attached hydrogens (tertiary/aromatic N) is 3. The van der Waals surface area contributed by atoms with Gasteiger partial charge >= 0.3 is 0 Å². The van der Waals surface area contributed by atoms with Crippen molar-refractivity contribution in [2.75, 3.05) is 23.4 Å². The van der Waals surface area contributed by atoms with E-state index in [2.05, 4.69) is 15.5 Å². The standard InChI is InChI=1S/C18H13ClN4O3S/c19-12-6-7-14-13(8-12)23(16(25)10-26-14)9-15(24)20-18-22-21-17(27-18)11-4-2-1-3-5-11/h1-8H,9-10H2,(H,20,22,24). The van der Waals surface area contributed by atoms with Crippen LogP contribution in [0.4, 0.5) is 10.8 Å². The molecule has 27 heavy (non-hydrogen) atoms. The highest BCUT2D eigenvalue weighted by Crippen LogP contribution is 2.34. The van der Waals surface area contributed by atoms with Gasteiger partial charge in [-0.25, -0.2) is 0 Å². The second-order valence-electron chi connectivity index (χ2n) is 5.71. The number of hydrogen-bond donors (Lipinski definition) is 1. The summed E-state index contributed by atoms with van der Waals surface area (Å²) >= 11 is 7.27. The topological polar surface area (TPSA) is 84.4 Å². The quantitative estimate of drug-likeness (QED) is 0.726. The normalized spacial score (nSPS) is 13.1. The molecular formula is C18H13ClN4O3S.